The summed E-state index contributed by atoms with van der Waals surface area (Å²) in [6.07, 6.45) is 7.33. The molecule has 1 aliphatic rings. The van der Waals surface area contributed by atoms with Gasteiger partial charge in [0.05, 0.1) is 6.04 Å². The minimum atomic E-state index is -0.768. The van der Waals surface area contributed by atoms with Crippen molar-refractivity contribution in [2.45, 2.75) is 63.5 Å². The largest absolute Gasteiger partial charge is 0.438 e. The number of hydrogen-bond donors (Lipinski definition) is 3. The Kier molecular flexibility index (Phi) is 6.63. The number of rotatable bonds is 8. The second-order valence-electron chi connectivity index (χ2n) is 7.32. The molecular formula is C20H29N3O3. The van der Waals surface area contributed by atoms with E-state index in [-0.39, 0.29) is 5.91 Å². The first-order valence-electron chi connectivity index (χ1n) is 9.70. The maximum absolute atomic E-state index is 12.1. The highest BCUT2D eigenvalue weighted by atomic mass is 16.4. The molecule has 26 heavy (non-hydrogen) atoms. The summed E-state index contributed by atoms with van der Waals surface area (Å²) < 4.78 is 5.56. The van der Waals surface area contributed by atoms with E-state index in [0.29, 0.717) is 36.8 Å². The van der Waals surface area contributed by atoms with Crippen LogP contribution in [-0.4, -0.2) is 28.6 Å². The van der Waals surface area contributed by atoms with Crippen LogP contribution in [0.3, 0.4) is 0 Å². The van der Waals surface area contributed by atoms with Gasteiger partial charge < -0.3 is 20.6 Å². The van der Waals surface area contributed by atoms with Gasteiger partial charge in [-0.3, -0.25) is 4.79 Å². The van der Waals surface area contributed by atoms with Gasteiger partial charge in [-0.25, -0.2) is 4.98 Å². The van der Waals surface area contributed by atoms with Crippen molar-refractivity contribution in [2.24, 2.45) is 11.7 Å². The van der Waals surface area contributed by atoms with Gasteiger partial charge in [0.2, 0.25) is 11.8 Å². The van der Waals surface area contributed by atoms with Crippen LogP contribution in [0.15, 0.2) is 28.7 Å². The van der Waals surface area contributed by atoms with Gasteiger partial charge in [0.25, 0.3) is 0 Å². The minimum Gasteiger partial charge on any atom is -0.438 e. The normalized spacial score (nSPS) is 17.9. The van der Waals surface area contributed by atoms with E-state index >= 15 is 0 Å². The van der Waals surface area contributed by atoms with Gasteiger partial charge in [-0.1, -0.05) is 44.2 Å². The molecule has 0 saturated heterocycles. The third kappa shape index (κ3) is 5.05. The summed E-state index contributed by atoms with van der Waals surface area (Å²) in [5, 5.41) is 13.1. The smallest absolute Gasteiger partial charge is 0.236 e. The van der Waals surface area contributed by atoms with Crippen LogP contribution in [0, 0.1) is 5.92 Å². The molecule has 4 N–H and O–H groups in total. The molecule has 0 aliphatic heterocycles. The van der Waals surface area contributed by atoms with Gasteiger partial charge in [0.1, 0.15) is 11.6 Å². The molecule has 1 saturated carbocycles. The third-order valence-corrected chi connectivity index (χ3v) is 5.20. The average molecular weight is 359 g/mol. The summed E-state index contributed by atoms with van der Waals surface area (Å²) in [6, 6.07) is 7.00. The molecule has 0 bridgehead atoms. The van der Waals surface area contributed by atoms with Crippen LogP contribution in [0.25, 0.3) is 11.1 Å². The van der Waals surface area contributed by atoms with Gasteiger partial charge in [0, 0.05) is 6.54 Å². The maximum Gasteiger partial charge on any atom is 0.236 e. The highest BCUT2D eigenvalue weighted by molar-refractivity contribution is 5.81. The van der Waals surface area contributed by atoms with Crippen molar-refractivity contribution in [3.05, 3.63) is 30.2 Å². The van der Waals surface area contributed by atoms with Crippen molar-refractivity contribution >= 4 is 17.0 Å². The van der Waals surface area contributed by atoms with Gasteiger partial charge >= 0.3 is 0 Å². The molecule has 142 valence electrons. The molecule has 0 radical (unpaired) electrons. The van der Waals surface area contributed by atoms with E-state index in [4.69, 9.17) is 10.2 Å². The second kappa shape index (κ2) is 9.14. The number of amides is 1. The number of aliphatic hydroxyl groups is 1. The van der Waals surface area contributed by atoms with E-state index in [1.165, 1.54) is 32.1 Å². The third-order valence-electron chi connectivity index (χ3n) is 5.20. The number of aromatic nitrogens is 1. The zero-order valence-corrected chi connectivity index (χ0v) is 15.2. The Morgan fingerprint density at radius 3 is 2.85 bits per heavy atom. The Labute approximate surface area is 154 Å². The van der Waals surface area contributed by atoms with Crippen molar-refractivity contribution in [3.8, 4) is 0 Å². The van der Waals surface area contributed by atoms with Gasteiger partial charge in [-0.2, -0.15) is 0 Å². The summed E-state index contributed by atoms with van der Waals surface area (Å²) in [5.74, 6) is 0.823. The topological polar surface area (TPSA) is 101 Å². The van der Waals surface area contributed by atoms with Crippen molar-refractivity contribution in [1.29, 1.82) is 0 Å². The number of nitrogens with zero attached hydrogens (tertiary/aromatic N) is 1. The van der Waals surface area contributed by atoms with Crippen LogP contribution in [0.4, 0.5) is 0 Å². The molecule has 6 nitrogen and oxygen atoms in total. The summed E-state index contributed by atoms with van der Waals surface area (Å²) in [6.45, 7) is 0.495. The number of oxazole rings is 1. The van der Waals surface area contributed by atoms with Crippen molar-refractivity contribution in [1.82, 2.24) is 10.3 Å². The monoisotopic (exact) mass is 359 g/mol. The first-order chi connectivity index (χ1) is 12.6. The van der Waals surface area contributed by atoms with Crippen molar-refractivity contribution in [3.63, 3.8) is 0 Å². The molecule has 3 rings (SSSR count). The number of benzene rings is 1. The maximum atomic E-state index is 12.1. The van der Waals surface area contributed by atoms with E-state index < -0.39 is 12.1 Å². The molecule has 2 atom stereocenters. The summed E-state index contributed by atoms with van der Waals surface area (Å²) in [7, 11) is 0. The Morgan fingerprint density at radius 2 is 2.08 bits per heavy atom. The SMILES string of the molecule is N[C@@H](CC1CCCCC1)C(=O)NCCC[C@H](O)c1nc2ccccc2o1. The molecule has 1 fully saturated rings. The van der Waals surface area contributed by atoms with E-state index in [2.05, 4.69) is 10.3 Å². The first kappa shape index (κ1) is 18.9. The standard InChI is InChI=1S/C20H29N3O3/c21-15(13-14-7-2-1-3-8-14)19(25)22-12-6-10-17(24)20-23-16-9-4-5-11-18(16)26-20/h4-5,9,11,14-15,17,24H,1-3,6-8,10,12-13,21H2,(H,22,25)/t15-,17-/m0/s1. The first-order valence-corrected chi connectivity index (χ1v) is 9.70. The predicted octanol–water partition coefficient (Wildman–Crippen LogP) is 3.06. The fourth-order valence-electron chi connectivity index (χ4n) is 3.68. The number of carbonyl (C=O) groups is 1. The highest BCUT2D eigenvalue weighted by Crippen LogP contribution is 2.27. The Bertz CT molecular complexity index is 676. The van der Waals surface area contributed by atoms with E-state index in [0.717, 1.165) is 11.9 Å². The molecule has 0 spiro atoms. The summed E-state index contributed by atoms with van der Waals surface area (Å²) in [5.41, 5.74) is 7.45. The minimum absolute atomic E-state index is 0.0908. The zero-order valence-electron chi connectivity index (χ0n) is 15.2. The van der Waals surface area contributed by atoms with Crippen LogP contribution >= 0.6 is 0 Å². The number of para-hydroxylation sites is 2. The summed E-state index contributed by atoms with van der Waals surface area (Å²) in [4.78, 5) is 16.4. The highest BCUT2D eigenvalue weighted by Gasteiger charge is 2.21. The fourth-order valence-corrected chi connectivity index (χ4v) is 3.68. The Morgan fingerprint density at radius 1 is 1.31 bits per heavy atom. The van der Waals surface area contributed by atoms with E-state index in [9.17, 15) is 9.90 Å². The van der Waals surface area contributed by atoms with Crippen molar-refractivity contribution < 1.29 is 14.3 Å². The lowest BCUT2D eigenvalue weighted by Crippen LogP contribution is -2.42. The zero-order chi connectivity index (χ0) is 18.4. The number of nitrogens with one attached hydrogen (secondary N) is 1. The van der Waals surface area contributed by atoms with Crippen LogP contribution in [0.2, 0.25) is 0 Å². The second-order valence-corrected chi connectivity index (χ2v) is 7.32. The van der Waals surface area contributed by atoms with Gasteiger partial charge in [0.15, 0.2) is 5.58 Å². The molecule has 1 aromatic heterocycles. The molecule has 1 aromatic carbocycles. The lowest BCUT2D eigenvalue weighted by molar-refractivity contribution is -0.122. The summed E-state index contributed by atoms with van der Waals surface area (Å²) >= 11 is 0. The van der Waals surface area contributed by atoms with Crippen LogP contribution in [0.5, 0.6) is 0 Å². The lowest BCUT2D eigenvalue weighted by Gasteiger charge is -2.24. The van der Waals surface area contributed by atoms with Crippen molar-refractivity contribution in [2.75, 3.05) is 6.54 Å². The predicted molar refractivity (Wildman–Crippen MR) is 100 cm³/mol. The number of aliphatic hydroxyl groups excluding tert-OH is 1. The molecule has 0 unspecified atom stereocenters. The Hall–Kier alpha value is -1.92. The lowest BCUT2D eigenvalue weighted by atomic mass is 9.85. The van der Waals surface area contributed by atoms with Crippen LogP contribution in [0.1, 0.15) is 63.4 Å². The van der Waals surface area contributed by atoms with Gasteiger partial charge in [-0.05, 0) is 37.3 Å². The number of hydrogen-bond acceptors (Lipinski definition) is 5. The quantitative estimate of drug-likeness (QED) is 0.629. The van der Waals surface area contributed by atoms with E-state index in [1.54, 1.807) is 0 Å². The molecule has 6 heteroatoms. The van der Waals surface area contributed by atoms with Crippen LogP contribution < -0.4 is 11.1 Å². The van der Waals surface area contributed by atoms with Gasteiger partial charge in [-0.15, -0.1) is 0 Å². The molecule has 2 aromatic rings. The number of fused-ring (bicyclic) bond motifs is 1. The molecular weight excluding hydrogens is 330 g/mol. The van der Waals surface area contributed by atoms with E-state index in [1.807, 2.05) is 24.3 Å². The molecule has 1 heterocycles. The average Bonchev–Trinajstić information content (AvgIpc) is 3.10. The fraction of sp³-hybridized carbons (Fsp3) is 0.600. The number of carbonyl (C=O) groups excluding carboxylic acids is 1. The molecule has 1 amide bonds. The Balaban J connectivity index is 1.36. The number of nitrogens with two attached hydrogens (primary N) is 1. The molecule has 1 aliphatic carbocycles. The van der Waals surface area contributed by atoms with Crippen LogP contribution in [-0.2, 0) is 4.79 Å².